The van der Waals surface area contributed by atoms with Crippen molar-refractivity contribution in [3.63, 3.8) is 0 Å². The van der Waals surface area contributed by atoms with Gasteiger partial charge >= 0.3 is 0 Å². The molecule has 1 aliphatic heterocycles. The van der Waals surface area contributed by atoms with Crippen LogP contribution < -0.4 is 15.4 Å². The van der Waals surface area contributed by atoms with Crippen LogP contribution in [-0.2, 0) is 14.8 Å². The normalized spacial score (nSPS) is 25.5. The molecule has 2 atom stereocenters. The quantitative estimate of drug-likeness (QED) is 0.596. The first kappa shape index (κ1) is 14.4. The maximum absolute atomic E-state index is 11.7. The maximum atomic E-state index is 11.7. The zero-order chi connectivity index (χ0) is 12.9. The molecule has 1 rings (SSSR count). The minimum absolute atomic E-state index is 0.0858. The third-order valence-electron chi connectivity index (χ3n) is 2.96. The first-order valence-corrected chi connectivity index (χ1v) is 7.52. The molecule has 0 aromatic rings. The van der Waals surface area contributed by atoms with Crippen LogP contribution in [0, 0.1) is 5.92 Å². The number of piperidine rings is 1. The van der Waals surface area contributed by atoms with Gasteiger partial charge < -0.3 is 10.6 Å². The van der Waals surface area contributed by atoms with Crippen LogP contribution in [0.25, 0.3) is 0 Å². The second kappa shape index (κ2) is 6.32. The molecule has 7 heteroatoms. The molecule has 1 heterocycles. The Labute approximate surface area is 103 Å². The number of nitrogens with one attached hydrogen (secondary N) is 3. The van der Waals surface area contributed by atoms with Gasteiger partial charge in [-0.1, -0.05) is 6.92 Å². The van der Waals surface area contributed by atoms with E-state index < -0.39 is 10.0 Å². The molecule has 0 radical (unpaired) electrons. The van der Waals surface area contributed by atoms with E-state index in [1.807, 2.05) is 0 Å². The Morgan fingerprint density at radius 1 is 1.47 bits per heavy atom. The summed E-state index contributed by atoms with van der Waals surface area (Å²) >= 11 is 0. The van der Waals surface area contributed by atoms with E-state index in [9.17, 15) is 13.2 Å². The van der Waals surface area contributed by atoms with Crippen molar-refractivity contribution >= 4 is 15.9 Å². The summed E-state index contributed by atoms with van der Waals surface area (Å²) in [4.78, 5) is 11.7. The van der Waals surface area contributed by atoms with Gasteiger partial charge in [-0.2, -0.15) is 0 Å². The van der Waals surface area contributed by atoms with Gasteiger partial charge in [-0.05, 0) is 32.4 Å². The largest absolute Gasteiger partial charge is 0.354 e. The van der Waals surface area contributed by atoms with Crippen molar-refractivity contribution in [2.45, 2.75) is 25.8 Å². The lowest BCUT2D eigenvalue weighted by Gasteiger charge is -2.27. The zero-order valence-electron chi connectivity index (χ0n) is 10.3. The van der Waals surface area contributed by atoms with Gasteiger partial charge in [-0.3, -0.25) is 4.79 Å². The van der Waals surface area contributed by atoms with Crippen molar-refractivity contribution in [2.24, 2.45) is 5.92 Å². The fourth-order valence-electron chi connectivity index (χ4n) is 1.84. The highest BCUT2D eigenvalue weighted by Crippen LogP contribution is 2.14. The Bertz CT molecular complexity index is 356. The van der Waals surface area contributed by atoms with Crippen LogP contribution in [0.3, 0.4) is 0 Å². The van der Waals surface area contributed by atoms with Crippen LogP contribution in [0.15, 0.2) is 0 Å². The average Bonchev–Trinajstić information content (AvgIpc) is 2.28. The predicted molar refractivity (Wildman–Crippen MR) is 66.0 cm³/mol. The monoisotopic (exact) mass is 263 g/mol. The molecule has 0 bridgehead atoms. The van der Waals surface area contributed by atoms with Crippen molar-refractivity contribution in [1.82, 2.24) is 15.4 Å². The number of hydrogen-bond donors (Lipinski definition) is 3. The predicted octanol–water partition coefficient (Wildman–Crippen LogP) is -0.960. The Morgan fingerprint density at radius 3 is 2.76 bits per heavy atom. The van der Waals surface area contributed by atoms with Crippen LogP contribution in [0.5, 0.6) is 0 Å². The Hall–Kier alpha value is -0.660. The van der Waals surface area contributed by atoms with Gasteiger partial charge in [0.1, 0.15) is 0 Å². The molecule has 1 aliphatic rings. The van der Waals surface area contributed by atoms with Crippen molar-refractivity contribution in [3.05, 3.63) is 0 Å². The van der Waals surface area contributed by atoms with Crippen LogP contribution in [0.1, 0.15) is 19.8 Å². The highest BCUT2D eigenvalue weighted by molar-refractivity contribution is 7.89. The number of rotatable bonds is 5. The Balaban J connectivity index is 2.30. The van der Waals surface area contributed by atoms with E-state index in [1.165, 1.54) is 7.05 Å². The van der Waals surface area contributed by atoms with Crippen molar-refractivity contribution in [3.8, 4) is 0 Å². The van der Waals surface area contributed by atoms with Crippen molar-refractivity contribution in [1.29, 1.82) is 0 Å². The average molecular weight is 263 g/mol. The number of carbonyl (C=O) groups is 1. The number of hydrogen-bond acceptors (Lipinski definition) is 4. The van der Waals surface area contributed by atoms with E-state index in [0.717, 1.165) is 19.4 Å². The first-order valence-electron chi connectivity index (χ1n) is 5.87. The minimum atomic E-state index is -3.24. The third-order valence-corrected chi connectivity index (χ3v) is 4.33. The molecular weight excluding hydrogens is 242 g/mol. The van der Waals surface area contributed by atoms with E-state index >= 15 is 0 Å². The van der Waals surface area contributed by atoms with Gasteiger partial charge in [-0.25, -0.2) is 13.1 Å². The Kier molecular flexibility index (Phi) is 5.35. The molecule has 1 saturated heterocycles. The molecule has 17 heavy (non-hydrogen) atoms. The van der Waals surface area contributed by atoms with Gasteiger partial charge in [0.25, 0.3) is 0 Å². The second-order valence-corrected chi connectivity index (χ2v) is 6.50. The molecule has 1 amide bonds. The molecule has 3 N–H and O–H groups in total. The fraction of sp³-hybridized carbons (Fsp3) is 0.900. The highest BCUT2D eigenvalue weighted by atomic mass is 32.2. The molecule has 0 aromatic carbocycles. The summed E-state index contributed by atoms with van der Waals surface area (Å²) < 4.78 is 24.5. The van der Waals surface area contributed by atoms with Crippen LogP contribution in [0.2, 0.25) is 0 Å². The SMILES string of the molecule is CNS(=O)(=O)CCNC(=O)C1CC(C)CCN1. The summed E-state index contributed by atoms with van der Waals surface area (Å²) in [5.74, 6) is 0.341. The summed E-state index contributed by atoms with van der Waals surface area (Å²) in [7, 11) is -1.88. The van der Waals surface area contributed by atoms with Gasteiger partial charge in [0.05, 0.1) is 11.8 Å². The standard InChI is InChI=1S/C10H21N3O3S/c1-8-3-4-12-9(7-8)10(14)13-5-6-17(15,16)11-2/h8-9,11-12H,3-7H2,1-2H3,(H,13,14). The number of carbonyl (C=O) groups excluding carboxylic acids is 1. The molecule has 6 nitrogen and oxygen atoms in total. The van der Waals surface area contributed by atoms with E-state index in [-0.39, 0.29) is 24.2 Å². The van der Waals surface area contributed by atoms with Gasteiger partial charge in [0.15, 0.2) is 0 Å². The summed E-state index contributed by atoms with van der Waals surface area (Å²) in [6.07, 6.45) is 1.89. The van der Waals surface area contributed by atoms with Gasteiger partial charge in [0, 0.05) is 6.54 Å². The van der Waals surface area contributed by atoms with Gasteiger partial charge in [-0.15, -0.1) is 0 Å². The molecular formula is C10H21N3O3S. The molecule has 100 valence electrons. The Morgan fingerprint density at radius 2 is 2.18 bits per heavy atom. The first-order chi connectivity index (χ1) is 7.94. The van der Waals surface area contributed by atoms with E-state index in [0.29, 0.717) is 5.92 Å². The van der Waals surface area contributed by atoms with Crippen LogP contribution >= 0.6 is 0 Å². The van der Waals surface area contributed by atoms with Crippen LogP contribution in [-0.4, -0.2) is 46.3 Å². The smallest absolute Gasteiger partial charge is 0.237 e. The summed E-state index contributed by atoms with van der Waals surface area (Å²) in [6.45, 7) is 3.11. The lowest BCUT2D eigenvalue weighted by Crippen LogP contribution is -2.49. The van der Waals surface area contributed by atoms with Crippen molar-refractivity contribution < 1.29 is 13.2 Å². The van der Waals surface area contributed by atoms with Crippen LogP contribution in [0.4, 0.5) is 0 Å². The third kappa shape index (κ3) is 5.01. The molecule has 0 aliphatic carbocycles. The minimum Gasteiger partial charge on any atom is -0.354 e. The zero-order valence-corrected chi connectivity index (χ0v) is 11.1. The maximum Gasteiger partial charge on any atom is 0.237 e. The molecule has 0 aromatic heterocycles. The lowest BCUT2D eigenvalue weighted by molar-refractivity contribution is -0.123. The molecule has 0 saturated carbocycles. The highest BCUT2D eigenvalue weighted by Gasteiger charge is 2.24. The van der Waals surface area contributed by atoms with Crippen molar-refractivity contribution in [2.75, 3.05) is 25.9 Å². The topological polar surface area (TPSA) is 87.3 Å². The molecule has 2 unspecified atom stereocenters. The summed E-state index contributed by atoms with van der Waals surface area (Å²) in [6, 6.07) is -0.184. The summed E-state index contributed by atoms with van der Waals surface area (Å²) in [5, 5.41) is 5.78. The molecule has 0 spiro atoms. The van der Waals surface area contributed by atoms with Gasteiger partial charge in [0.2, 0.25) is 15.9 Å². The van der Waals surface area contributed by atoms with E-state index in [1.54, 1.807) is 0 Å². The number of amides is 1. The van der Waals surface area contributed by atoms with E-state index in [4.69, 9.17) is 0 Å². The van der Waals surface area contributed by atoms with E-state index in [2.05, 4.69) is 22.3 Å². The molecule has 1 fully saturated rings. The summed E-state index contributed by atoms with van der Waals surface area (Å²) in [5.41, 5.74) is 0. The fourth-order valence-corrected chi connectivity index (χ4v) is 2.42. The number of sulfonamides is 1. The second-order valence-electron chi connectivity index (χ2n) is 4.45. The lowest BCUT2D eigenvalue weighted by atomic mass is 9.94.